The molecule has 3 fully saturated rings. The molecule has 3 aliphatic rings. The molecule has 0 aromatic carbocycles. The normalized spacial score (nSPS) is 46.4. The summed E-state index contributed by atoms with van der Waals surface area (Å²) in [6.45, 7) is 11.5. The maximum Gasteiger partial charge on any atom is 0.101 e. The van der Waals surface area contributed by atoms with Crippen molar-refractivity contribution >= 4 is 0 Å². The molecule has 3 nitrogen and oxygen atoms in total. The van der Waals surface area contributed by atoms with Crippen molar-refractivity contribution in [3.63, 3.8) is 0 Å². The van der Waals surface area contributed by atoms with Gasteiger partial charge in [-0.25, -0.2) is 0 Å². The maximum absolute atomic E-state index is 6.10. The molecule has 0 amide bonds. The van der Waals surface area contributed by atoms with Gasteiger partial charge >= 0.3 is 0 Å². The smallest absolute Gasteiger partial charge is 0.101 e. The van der Waals surface area contributed by atoms with Crippen LogP contribution in [-0.2, 0) is 14.2 Å². The summed E-state index contributed by atoms with van der Waals surface area (Å²) in [5.41, 5.74) is 2.39. The van der Waals surface area contributed by atoms with Crippen molar-refractivity contribution in [2.75, 3.05) is 13.7 Å². The van der Waals surface area contributed by atoms with Crippen LogP contribution in [0, 0.1) is 5.92 Å². The van der Waals surface area contributed by atoms with E-state index in [2.05, 4.69) is 33.4 Å². The lowest BCUT2D eigenvalue weighted by Gasteiger charge is -2.39. The van der Waals surface area contributed by atoms with E-state index in [9.17, 15) is 0 Å². The highest BCUT2D eigenvalue weighted by molar-refractivity contribution is 5.26. The van der Waals surface area contributed by atoms with Gasteiger partial charge in [-0.15, -0.1) is 0 Å². The molecule has 2 heterocycles. The van der Waals surface area contributed by atoms with E-state index in [-0.39, 0.29) is 29.3 Å². The number of ether oxygens (including phenoxy) is 3. The van der Waals surface area contributed by atoms with E-state index in [1.807, 2.05) is 0 Å². The largest absolute Gasteiger partial charge is 0.377 e. The van der Waals surface area contributed by atoms with Gasteiger partial charge in [0.05, 0.1) is 24.7 Å². The average Bonchev–Trinajstić information content (AvgIpc) is 3.29. The number of epoxide rings is 2. The lowest BCUT2D eigenvalue weighted by molar-refractivity contribution is -0.0198. The highest BCUT2D eigenvalue weighted by atomic mass is 16.6. The average molecular weight is 278 g/mol. The minimum absolute atomic E-state index is 0.0175. The van der Waals surface area contributed by atoms with Crippen molar-refractivity contribution in [3.8, 4) is 0 Å². The molecule has 20 heavy (non-hydrogen) atoms. The fraction of sp³-hybridized carbons (Fsp3) is 0.765. The van der Waals surface area contributed by atoms with E-state index in [1.54, 1.807) is 7.11 Å². The Labute approximate surface area is 122 Å². The van der Waals surface area contributed by atoms with Gasteiger partial charge in [0.2, 0.25) is 0 Å². The SMILES string of the molecule is C=C1CC[C@]2(CO2)C([C@@]2(C)O[C@@H]2CC=C(C)C)[C@@H]1OC. The highest BCUT2D eigenvalue weighted by Gasteiger charge is 2.70. The van der Waals surface area contributed by atoms with Gasteiger partial charge in [-0.1, -0.05) is 18.2 Å². The number of methoxy groups -OCH3 is 1. The fourth-order valence-corrected chi connectivity index (χ4v) is 3.89. The van der Waals surface area contributed by atoms with Crippen LogP contribution in [0.3, 0.4) is 0 Å². The zero-order chi connectivity index (χ0) is 14.5. The summed E-state index contributed by atoms with van der Waals surface area (Å²) >= 11 is 0. The van der Waals surface area contributed by atoms with Crippen LogP contribution < -0.4 is 0 Å². The van der Waals surface area contributed by atoms with Crippen molar-refractivity contribution in [3.05, 3.63) is 23.8 Å². The molecule has 0 bridgehead atoms. The van der Waals surface area contributed by atoms with Gasteiger partial charge in [-0.2, -0.15) is 0 Å². The standard InChI is InChI=1S/C17H26O3/c1-11(2)6-7-13-16(4,20-13)15-14(18-5)12(3)8-9-17(15)10-19-17/h6,13-15H,3,7-10H2,1-2,4-5H3/t13-,14-,15?,16+,17+/m1/s1. The Morgan fingerprint density at radius 3 is 2.75 bits per heavy atom. The summed E-state index contributed by atoms with van der Waals surface area (Å²) in [7, 11) is 1.78. The number of rotatable bonds is 4. The molecule has 0 radical (unpaired) electrons. The maximum atomic E-state index is 6.10. The first-order valence-corrected chi connectivity index (χ1v) is 7.58. The Balaban J connectivity index is 1.80. The first-order chi connectivity index (χ1) is 9.43. The predicted octanol–water partition coefficient (Wildman–Crippen LogP) is 3.25. The topological polar surface area (TPSA) is 34.3 Å². The molecular weight excluding hydrogens is 252 g/mol. The Morgan fingerprint density at radius 1 is 1.50 bits per heavy atom. The van der Waals surface area contributed by atoms with Crippen LogP contribution >= 0.6 is 0 Å². The van der Waals surface area contributed by atoms with E-state index in [0.717, 1.165) is 25.9 Å². The number of allylic oxidation sites excluding steroid dienone is 1. The molecule has 1 unspecified atom stereocenters. The molecular formula is C17H26O3. The van der Waals surface area contributed by atoms with E-state index < -0.39 is 0 Å². The van der Waals surface area contributed by atoms with Crippen molar-refractivity contribution in [2.24, 2.45) is 5.92 Å². The van der Waals surface area contributed by atoms with Gasteiger partial charge in [0.15, 0.2) is 0 Å². The second-order valence-electron chi connectivity index (χ2n) is 6.95. The molecule has 3 rings (SSSR count). The van der Waals surface area contributed by atoms with Crippen LogP contribution in [0.5, 0.6) is 0 Å². The molecule has 0 N–H and O–H groups in total. The lowest BCUT2D eigenvalue weighted by Crippen LogP contribution is -2.49. The molecule has 0 aromatic rings. The van der Waals surface area contributed by atoms with Gasteiger partial charge in [-0.05, 0) is 45.6 Å². The molecule has 2 saturated heterocycles. The van der Waals surface area contributed by atoms with Crippen LogP contribution in [0.4, 0.5) is 0 Å². The molecule has 1 saturated carbocycles. The van der Waals surface area contributed by atoms with Gasteiger partial charge in [0.1, 0.15) is 11.2 Å². The highest BCUT2D eigenvalue weighted by Crippen LogP contribution is 2.59. The van der Waals surface area contributed by atoms with Gasteiger partial charge in [0, 0.05) is 7.11 Å². The predicted molar refractivity (Wildman–Crippen MR) is 78.7 cm³/mol. The van der Waals surface area contributed by atoms with E-state index >= 15 is 0 Å². The van der Waals surface area contributed by atoms with Crippen molar-refractivity contribution < 1.29 is 14.2 Å². The number of hydrogen-bond acceptors (Lipinski definition) is 3. The molecule has 3 heteroatoms. The van der Waals surface area contributed by atoms with Crippen LogP contribution in [0.1, 0.15) is 40.0 Å². The summed E-state index contributed by atoms with van der Waals surface area (Å²) in [6.07, 6.45) is 5.65. The summed E-state index contributed by atoms with van der Waals surface area (Å²) in [5, 5.41) is 0. The van der Waals surface area contributed by atoms with Gasteiger partial charge in [-0.3, -0.25) is 0 Å². The quantitative estimate of drug-likeness (QED) is 0.585. The number of hydrogen-bond donors (Lipinski definition) is 0. The van der Waals surface area contributed by atoms with Gasteiger partial charge in [0.25, 0.3) is 0 Å². The minimum Gasteiger partial charge on any atom is -0.377 e. The zero-order valence-electron chi connectivity index (χ0n) is 13.1. The molecule has 112 valence electrons. The third-order valence-electron chi connectivity index (χ3n) is 5.25. The third-order valence-corrected chi connectivity index (χ3v) is 5.25. The lowest BCUT2D eigenvalue weighted by atomic mass is 9.68. The van der Waals surface area contributed by atoms with Crippen LogP contribution in [-0.4, -0.2) is 37.1 Å². The molecule has 1 aliphatic carbocycles. The van der Waals surface area contributed by atoms with Crippen molar-refractivity contribution in [2.45, 2.75) is 63.4 Å². The van der Waals surface area contributed by atoms with Crippen LogP contribution in [0.25, 0.3) is 0 Å². The summed E-state index contributed by atoms with van der Waals surface area (Å²) in [6, 6.07) is 0. The monoisotopic (exact) mass is 278 g/mol. The summed E-state index contributed by atoms with van der Waals surface area (Å²) in [4.78, 5) is 0. The minimum atomic E-state index is -0.132. The first kappa shape index (κ1) is 14.3. The fourth-order valence-electron chi connectivity index (χ4n) is 3.89. The van der Waals surface area contributed by atoms with Gasteiger partial charge < -0.3 is 14.2 Å². The van der Waals surface area contributed by atoms with Crippen molar-refractivity contribution in [1.29, 1.82) is 0 Å². The van der Waals surface area contributed by atoms with E-state index in [4.69, 9.17) is 14.2 Å². The first-order valence-electron chi connectivity index (χ1n) is 7.58. The summed E-state index contributed by atoms with van der Waals surface area (Å²) < 4.78 is 17.7. The molecule has 0 aromatic heterocycles. The second-order valence-corrected chi connectivity index (χ2v) is 6.95. The molecule has 5 atom stereocenters. The second kappa shape index (κ2) is 4.69. The van der Waals surface area contributed by atoms with E-state index in [1.165, 1.54) is 11.1 Å². The Morgan fingerprint density at radius 2 is 2.20 bits per heavy atom. The zero-order valence-corrected chi connectivity index (χ0v) is 13.1. The molecule has 2 aliphatic heterocycles. The van der Waals surface area contributed by atoms with Crippen molar-refractivity contribution in [1.82, 2.24) is 0 Å². The third kappa shape index (κ3) is 2.16. The van der Waals surface area contributed by atoms with E-state index in [0.29, 0.717) is 0 Å². The van der Waals surface area contributed by atoms with Crippen LogP contribution in [0.2, 0.25) is 0 Å². The van der Waals surface area contributed by atoms with Crippen LogP contribution in [0.15, 0.2) is 23.8 Å². The molecule has 1 spiro atoms. The summed E-state index contributed by atoms with van der Waals surface area (Å²) in [5.74, 6) is 0.275. The Hall–Kier alpha value is -0.640. The Kier molecular flexibility index (Phi) is 3.35. The Bertz CT molecular complexity index is 445.